The largest absolute Gasteiger partial charge is 0.372 e. The van der Waals surface area contributed by atoms with Crippen LogP contribution in [-0.4, -0.2) is 12.1 Å². The molecule has 2 N–H and O–H groups in total. The molecule has 0 spiro atoms. The molecule has 88 valence electrons. The van der Waals surface area contributed by atoms with Crippen LogP contribution in [0.15, 0.2) is 22.7 Å². The fourth-order valence-electron chi connectivity index (χ4n) is 1.99. The van der Waals surface area contributed by atoms with E-state index in [1.807, 2.05) is 0 Å². The molecule has 0 heterocycles. The summed E-state index contributed by atoms with van der Waals surface area (Å²) in [6, 6.07) is 5.08. The average molecular weight is 288 g/mol. The molecule has 1 aromatic rings. The van der Waals surface area contributed by atoms with Crippen LogP contribution in [0.3, 0.4) is 0 Å². The zero-order valence-electron chi connectivity index (χ0n) is 8.96. The highest BCUT2D eigenvalue weighted by molar-refractivity contribution is 9.10. The van der Waals surface area contributed by atoms with Crippen molar-refractivity contribution in [2.75, 3.05) is 0 Å². The summed E-state index contributed by atoms with van der Waals surface area (Å²) in [6.07, 6.45) is 3.36. The molecule has 0 unspecified atom stereocenters. The number of rotatable bonds is 3. The topological polar surface area (TPSA) is 35.2 Å². The molecule has 1 fully saturated rings. The third-order valence-corrected chi connectivity index (χ3v) is 3.56. The van der Waals surface area contributed by atoms with Gasteiger partial charge in [-0.3, -0.25) is 0 Å². The Balaban J connectivity index is 1.91. The van der Waals surface area contributed by atoms with Gasteiger partial charge in [0.05, 0.1) is 17.2 Å². The first kappa shape index (κ1) is 12.0. The number of nitrogens with two attached hydrogens (primary N) is 1. The smallest absolute Gasteiger partial charge is 0.137 e. The Bertz CT molecular complexity index is 372. The predicted octanol–water partition coefficient (Wildman–Crippen LogP) is 2.98. The molecule has 0 radical (unpaired) electrons. The highest BCUT2D eigenvalue weighted by Gasteiger charge is 2.24. The molecule has 1 aromatic carbocycles. The fourth-order valence-corrected chi connectivity index (χ4v) is 2.42. The maximum atomic E-state index is 13.0. The fraction of sp³-hybridized carbons (Fsp3) is 0.500. The summed E-state index contributed by atoms with van der Waals surface area (Å²) >= 11 is 3.16. The van der Waals surface area contributed by atoms with Crippen molar-refractivity contribution in [1.29, 1.82) is 0 Å². The Morgan fingerprint density at radius 2 is 2.25 bits per heavy atom. The minimum absolute atomic E-state index is 0.156. The zero-order chi connectivity index (χ0) is 11.5. The SMILES string of the molecule is N[C@@H]1CCC[C@H]1OCc1ccc(F)c(Br)c1. The number of hydrogen-bond acceptors (Lipinski definition) is 2. The molecular formula is C12H15BrFNO. The van der Waals surface area contributed by atoms with Crippen LogP contribution in [0.2, 0.25) is 0 Å². The monoisotopic (exact) mass is 287 g/mol. The lowest BCUT2D eigenvalue weighted by Crippen LogP contribution is -2.31. The molecule has 16 heavy (non-hydrogen) atoms. The van der Waals surface area contributed by atoms with Gasteiger partial charge in [-0.2, -0.15) is 0 Å². The highest BCUT2D eigenvalue weighted by Crippen LogP contribution is 2.23. The Hall–Kier alpha value is -0.450. The summed E-state index contributed by atoms with van der Waals surface area (Å²) in [5, 5.41) is 0. The van der Waals surface area contributed by atoms with Crippen molar-refractivity contribution >= 4 is 15.9 Å². The molecular weight excluding hydrogens is 273 g/mol. The second kappa shape index (κ2) is 5.25. The number of benzene rings is 1. The molecule has 1 aliphatic carbocycles. The minimum atomic E-state index is -0.249. The lowest BCUT2D eigenvalue weighted by atomic mass is 10.2. The van der Waals surface area contributed by atoms with Crippen LogP contribution in [0.25, 0.3) is 0 Å². The van der Waals surface area contributed by atoms with Crippen molar-refractivity contribution in [3.05, 3.63) is 34.1 Å². The van der Waals surface area contributed by atoms with Crippen LogP contribution in [0.4, 0.5) is 4.39 Å². The molecule has 2 atom stereocenters. The third kappa shape index (κ3) is 2.81. The maximum Gasteiger partial charge on any atom is 0.137 e. The van der Waals surface area contributed by atoms with Gasteiger partial charge in [0.2, 0.25) is 0 Å². The molecule has 0 aromatic heterocycles. The van der Waals surface area contributed by atoms with E-state index in [4.69, 9.17) is 10.5 Å². The molecule has 2 nitrogen and oxygen atoms in total. The van der Waals surface area contributed by atoms with Gasteiger partial charge in [0, 0.05) is 6.04 Å². The van der Waals surface area contributed by atoms with E-state index >= 15 is 0 Å². The molecule has 1 aliphatic rings. The van der Waals surface area contributed by atoms with Crippen LogP contribution in [0.5, 0.6) is 0 Å². The standard InChI is InChI=1S/C12H15BrFNO/c13-9-6-8(4-5-10(9)14)7-16-12-3-1-2-11(12)15/h4-6,11-12H,1-3,7,15H2/t11-,12-/m1/s1. The van der Waals surface area contributed by atoms with Gasteiger partial charge in [0.25, 0.3) is 0 Å². The van der Waals surface area contributed by atoms with Gasteiger partial charge in [0.1, 0.15) is 5.82 Å². The lowest BCUT2D eigenvalue weighted by Gasteiger charge is -2.16. The summed E-state index contributed by atoms with van der Waals surface area (Å²) in [5.41, 5.74) is 6.87. The van der Waals surface area contributed by atoms with Crippen molar-refractivity contribution in [2.24, 2.45) is 5.73 Å². The molecule has 1 saturated carbocycles. The number of ether oxygens (including phenoxy) is 1. The van der Waals surface area contributed by atoms with Gasteiger partial charge in [0.15, 0.2) is 0 Å². The molecule has 4 heteroatoms. The quantitative estimate of drug-likeness (QED) is 0.928. The van der Waals surface area contributed by atoms with Gasteiger partial charge >= 0.3 is 0 Å². The number of halogens is 2. The van der Waals surface area contributed by atoms with Crippen LogP contribution >= 0.6 is 15.9 Å². The van der Waals surface area contributed by atoms with Crippen LogP contribution in [0, 0.1) is 5.82 Å². The predicted molar refractivity (Wildman–Crippen MR) is 64.5 cm³/mol. The molecule has 0 bridgehead atoms. The Labute approximate surface area is 103 Å². The van der Waals surface area contributed by atoms with E-state index in [9.17, 15) is 4.39 Å². The summed E-state index contributed by atoms with van der Waals surface area (Å²) in [6.45, 7) is 0.497. The first-order chi connectivity index (χ1) is 7.66. The van der Waals surface area contributed by atoms with E-state index in [0.29, 0.717) is 11.1 Å². The van der Waals surface area contributed by atoms with Gasteiger partial charge in [-0.25, -0.2) is 4.39 Å². The van der Waals surface area contributed by atoms with E-state index in [0.717, 1.165) is 24.8 Å². The van der Waals surface area contributed by atoms with Gasteiger partial charge in [-0.15, -0.1) is 0 Å². The molecule has 2 rings (SSSR count). The Morgan fingerprint density at radius 3 is 2.88 bits per heavy atom. The van der Waals surface area contributed by atoms with Crippen molar-refractivity contribution in [3.8, 4) is 0 Å². The summed E-state index contributed by atoms with van der Waals surface area (Å²) < 4.78 is 19.2. The van der Waals surface area contributed by atoms with Crippen molar-refractivity contribution < 1.29 is 9.13 Å². The third-order valence-electron chi connectivity index (χ3n) is 2.95. The highest BCUT2D eigenvalue weighted by atomic mass is 79.9. The second-order valence-electron chi connectivity index (χ2n) is 4.19. The minimum Gasteiger partial charge on any atom is -0.372 e. The first-order valence-corrected chi connectivity index (χ1v) is 6.27. The van der Waals surface area contributed by atoms with Crippen molar-refractivity contribution in [1.82, 2.24) is 0 Å². The summed E-state index contributed by atoms with van der Waals surface area (Å²) in [7, 11) is 0. The zero-order valence-corrected chi connectivity index (χ0v) is 10.5. The van der Waals surface area contributed by atoms with Gasteiger partial charge < -0.3 is 10.5 Å². The Morgan fingerprint density at radius 1 is 1.44 bits per heavy atom. The van der Waals surface area contributed by atoms with E-state index in [-0.39, 0.29) is 18.0 Å². The van der Waals surface area contributed by atoms with Gasteiger partial charge in [-0.05, 0) is 52.9 Å². The van der Waals surface area contributed by atoms with E-state index in [1.165, 1.54) is 6.07 Å². The maximum absolute atomic E-state index is 13.0. The lowest BCUT2D eigenvalue weighted by molar-refractivity contribution is 0.0357. The van der Waals surface area contributed by atoms with E-state index in [2.05, 4.69) is 15.9 Å². The van der Waals surface area contributed by atoms with Crippen LogP contribution in [0.1, 0.15) is 24.8 Å². The molecule has 0 amide bonds. The Kier molecular flexibility index (Phi) is 3.95. The summed E-state index contributed by atoms with van der Waals surface area (Å²) in [5.74, 6) is -0.249. The van der Waals surface area contributed by atoms with Crippen LogP contribution < -0.4 is 5.73 Å². The summed E-state index contributed by atoms with van der Waals surface area (Å²) in [4.78, 5) is 0. The van der Waals surface area contributed by atoms with Crippen molar-refractivity contribution in [2.45, 2.75) is 38.0 Å². The molecule has 0 saturated heterocycles. The van der Waals surface area contributed by atoms with Crippen molar-refractivity contribution in [3.63, 3.8) is 0 Å². The first-order valence-electron chi connectivity index (χ1n) is 5.48. The van der Waals surface area contributed by atoms with E-state index < -0.39 is 0 Å². The van der Waals surface area contributed by atoms with E-state index in [1.54, 1.807) is 12.1 Å². The number of hydrogen-bond donors (Lipinski definition) is 1. The average Bonchev–Trinajstić information content (AvgIpc) is 2.66. The second-order valence-corrected chi connectivity index (χ2v) is 5.05. The normalized spacial score (nSPS) is 24.9. The molecule has 0 aliphatic heterocycles. The van der Waals surface area contributed by atoms with Gasteiger partial charge in [-0.1, -0.05) is 6.07 Å². The van der Waals surface area contributed by atoms with Crippen LogP contribution in [-0.2, 0) is 11.3 Å².